The summed E-state index contributed by atoms with van der Waals surface area (Å²) < 4.78 is 0. The van der Waals surface area contributed by atoms with Crippen molar-refractivity contribution >= 4 is 46.8 Å². The maximum absolute atomic E-state index is 10.1. The van der Waals surface area contributed by atoms with Crippen molar-refractivity contribution in [3.63, 3.8) is 0 Å². The Kier molecular flexibility index (Phi) is 8.36. The number of carboxylic acids is 2. The molecule has 0 aliphatic carbocycles. The molecule has 0 aromatic heterocycles. The van der Waals surface area contributed by atoms with Crippen LogP contribution in [0.2, 0.25) is 0 Å². The topological polar surface area (TPSA) is 74.6 Å². The van der Waals surface area contributed by atoms with Gasteiger partial charge in [0.05, 0.1) is 11.0 Å². The molecule has 0 rings (SSSR count). The molecule has 0 aromatic carbocycles. The van der Waals surface area contributed by atoms with Crippen molar-refractivity contribution in [1.29, 1.82) is 0 Å². The van der Waals surface area contributed by atoms with Crippen LogP contribution in [0.1, 0.15) is 6.92 Å². The van der Waals surface area contributed by atoms with Crippen molar-refractivity contribution in [3.05, 3.63) is 0 Å². The molecule has 0 aliphatic rings. The lowest BCUT2D eigenvalue weighted by molar-refractivity contribution is -0.136. The molecule has 0 saturated carbocycles. The number of carboxylic acid groups (broad SMARTS) is 2. The summed E-state index contributed by atoms with van der Waals surface area (Å²) in [5, 5.41) is 15.8. The van der Waals surface area contributed by atoms with Crippen molar-refractivity contribution in [1.82, 2.24) is 0 Å². The molecule has 0 aromatic rings. The van der Waals surface area contributed by atoms with Crippen LogP contribution in [0, 0.1) is 0 Å². The summed E-state index contributed by atoms with van der Waals surface area (Å²) in [6, 6.07) is 0. The highest BCUT2D eigenvalue weighted by Crippen LogP contribution is 2.08. The average molecular weight is 191 g/mol. The first kappa shape index (κ1) is 13.6. The summed E-state index contributed by atoms with van der Waals surface area (Å²) in [5.41, 5.74) is 0. The second-order valence-electron chi connectivity index (χ2n) is 1.69. The summed E-state index contributed by atoms with van der Waals surface area (Å²) in [7, 11) is 0. The first-order valence-electron chi connectivity index (χ1n) is 2.60. The van der Waals surface area contributed by atoms with Crippen LogP contribution >= 0.6 is 11.8 Å². The number of hydrogen-bond acceptors (Lipinski definition) is 3. The van der Waals surface area contributed by atoms with Crippen LogP contribution in [-0.4, -0.2) is 56.2 Å². The summed E-state index contributed by atoms with van der Waals surface area (Å²) in [6.07, 6.45) is 0. The van der Waals surface area contributed by atoms with E-state index in [1.807, 2.05) is 0 Å². The highest BCUT2D eigenvalue weighted by molar-refractivity contribution is 8.01. The smallest absolute Gasteiger partial charge is 0.316 e. The maximum Gasteiger partial charge on any atom is 0.316 e. The van der Waals surface area contributed by atoms with Gasteiger partial charge in [0.25, 0.3) is 0 Å². The first-order chi connectivity index (χ1) is 4.54. The highest BCUT2D eigenvalue weighted by Gasteiger charge is 2.12. The van der Waals surface area contributed by atoms with E-state index in [1.165, 1.54) is 6.92 Å². The third-order valence-corrected chi connectivity index (χ3v) is 1.92. The predicted octanol–water partition coefficient (Wildman–Crippen LogP) is -0.639. The molecule has 4 nitrogen and oxygen atoms in total. The van der Waals surface area contributed by atoms with Gasteiger partial charge < -0.3 is 10.2 Å². The quantitative estimate of drug-likeness (QED) is 0.577. The second kappa shape index (κ2) is 6.75. The van der Waals surface area contributed by atoms with Crippen LogP contribution in [0.5, 0.6) is 0 Å². The van der Waals surface area contributed by atoms with Gasteiger partial charge in [-0.1, -0.05) is 0 Å². The van der Waals surface area contributed by atoms with Crippen molar-refractivity contribution in [2.75, 3.05) is 5.75 Å². The molecule has 0 radical (unpaired) electrons. The van der Waals surface area contributed by atoms with Gasteiger partial charge in [-0.15, -0.1) is 11.8 Å². The Morgan fingerprint density at radius 3 is 2.18 bits per heavy atom. The predicted molar refractivity (Wildman–Crippen MR) is 45.7 cm³/mol. The molecule has 0 saturated heterocycles. The highest BCUT2D eigenvalue weighted by atomic mass is 32.2. The summed E-state index contributed by atoms with van der Waals surface area (Å²) in [6.45, 7) is 1.45. The number of hydrogen-bond donors (Lipinski definition) is 2. The van der Waals surface area contributed by atoms with Gasteiger partial charge in [-0.05, 0) is 6.92 Å². The van der Waals surface area contributed by atoms with Crippen molar-refractivity contribution in [2.24, 2.45) is 0 Å². The van der Waals surface area contributed by atoms with Gasteiger partial charge in [-0.2, -0.15) is 0 Å². The molecular formula is C5H10MgO4S. The number of thioether (sulfide) groups is 1. The third kappa shape index (κ3) is 7.96. The van der Waals surface area contributed by atoms with Crippen molar-refractivity contribution < 1.29 is 19.8 Å². The van der Waals surface area contributed by atoms with Crippen molar-refractivity contribution in [3.8, 4) is 0 Å². The minimum absolute atomic E-state index is 0. The molecule has 62 valence electrons. The number of aliphatic carboxylic acids is 2. The number of rotatable bonds is 4. The Morgan fingerprint density at radius 1 is 1.45 bits per heavy atom. The van der Waals surface area contributed by atoms with E-state index in [4.69, 9.17) is 10.2 Å². The summed E-state index contributed by atoms with van der Waals surface area (Å²) in [4.78, 5) is 20.0. The molecule has 2 N–H and O–H groups in total. The maximum atomic E-state index is 10.1. The molecule has 1 unspecified atom stereocenters. The average Bonchev–Trinajstić information content (AvgIpc) is 1.82. The largest absolute Gasteiger partial charge is 0.481 e. The lowest BCUT2D eigenvalue weighted by Crippen LogP contribution is -2.14. The fourth-order valence-corrected chi connectivity index (χ4v) is 0.803. The van der Waals surface area contributed by atoms with Gasteiger partial charge in [0.1, 0.15) is 0 Å². The molecule has 0 amide bonds. The van der Waals surface area contributed by atoms with Crippen LogP contribution in [0.25, 0.3) is 0 Å². The lowest BCUT2D eigenvalue weighted by atomic mass is 10.5. The molecule has 0 bridgehead atoms. The molecule has 0 fully saturated rings. The standard InChI is InChI=1S/C5H8O4S.Mg.2H/c1-3(5(8)9)10-2-4(6)7;;;/h3H,2H2,1H3,(H,6,7)(H,8,9);;;. The zero-order valence-electron chi connectivity index (χ0n) is 5.40. The third-order valence-electron chi connectivity index (χ3n) is 0.805. The van der Waals surface area contributed by atoms with Gasteiger partial charge >= 0.3 is 35.0 Å². The fourth-order valence-electron chi connectivity index (χ4n) is 0.268. The van der Waals surface area contributed by atoms with E-state index >= 15 is 0 Å². The Labute approximate surface area is 84.5 Å². The Hall–Kier alpha value is 0.0562. The lowest BCUT2D eigenvalue weighted by Gasteiger charge is -2.01. The van der Waals surface area contributed by atoms with E-state index in [-0.39, 0.29) is 28.8 Å². The first-order valence-corrected chi connectivity index (χ1v) is 3.65. The normalized spacial score (nSPS) is 11.4. The van der Waals surface area contributed by atoms with E-state index < -0.39 is 17.2 Å². The summed E-state index contributed by atoms with van der Waals surface area (Å²) in [5.74, 6) is -2.13. The molecule has 0 spiro atoms. The van der Waals surface area contributed by atoms with Crippen LogP contribution in [0.3, 0.4) is 0 Å². The molecule has 1 atom stereocenters. The summed E-state index contributed by atoms with van der Waals surface area (Å²) >= 11 is 0.894. The van der Waals surface area contributed by atoms with E-state index in [2.05, 4.69) is 0 Å². The minimum atomic E-state index is -0.988. The minimum Gasteiger partial charge on any atom is -0.481 e. The molecular weight excluding hydrogens is 180 g/mol. The van der Waals surface area contributed by atoms with Crippen LogP contribution in [0.4, 0.5) is 0 Å². The van der Waals surface area contributed by atoms with E-state index in [9.17, 15) is 9.59 Å². The van der Waals surface area contributed by atoms with Gasteiger partial charge in [0.2, 0.25) is 0 Å². The monoisotopic (exact) mass is 190 g/mol. The molecule has 11 heavy (non-hydrogen) atoms. The van der Waals surface area contributed by atoms with Crippen LogP contribution < -0.4 is 0 Å². The molecule has 6 heteroatoms. The van der Waals surface area contributed by atoms with Gasteiger partial charge in [0.15, 0.2) is 0 Å². The van der Waals surface area contributed by atoms with E-state index in [0.717, 1.165) is 11.8 Å². The Morgan fingerprint density at radius 2 is 1.91 bits per heavy atom. The number of carbonyl (C=O) groups is 2. The second-order valence-corrected chi connectivity index (χ2v) is 3.01. The van der Waals surface area contributed by atoms with E-state index in [0.29, 0.717) is 0 Å². The molecule has 0 heterocycles. The Bertz CT molecular complexity index is 149. The van der Waals surface area contributed by atoms with E-state index in [1.54, 1.807) is 0 Å². The SMILES string of the molecule is CC(SCC(=O)O)C(=O)O.[MgH2]. The van der Waals surface area contributed by atoms with Gasteiger partial charge in [0, 0.05) is 0 Å². The van der Waals surface area contributed by atoms with Crippen LogP contribution in [0.15, 0.2) is 0 Å². The van der Waals surface area contributed by atoms with Gasteiger partial charge in [-0.25, -0.2) is 0 Å². The zero-order valence-corrected chi connectivity index (χ0v) is 6.22. The zero-order chi connectivity index (χ0) is 8.15. The van der Waals surface area contributed by atoms with Crippen LogP contribution in [-0.2, 0) is 9.59 Å². The Balaban J connectivity index is 0. The van der Waals surface area contributed by atoms with Gasteiger partial charge in [-0.3, -0.25) is 9.59 Å². The fraction of sp³-hybridized carbons (Fsp3) is 0.600. The van der Waals surface area contributed by atoms with Crippen molar-refractivity contribution in [2.45, 2.75) is 12.2 Å². The molecule has 0 aliphatic heterocycles.